The maximum atomic E-state index is 12.6. The Bertz CT molecular complexity index is 285. The van der Waals surface area contributed by atoms with Gasteiger partial charge in [0, 0.05) is 11.7 Å². The van der Waals surface area contributed by atoms with Crippen molar-refractivity contribution >= 4 is 0 Å². The SMILES string of the molecule is N[C@@H]1CCc2ncc(F)cc21. The highest BCUT2D eigenvalue weighted by atomic mass is 19.1. The van der Waals surface area contributed by atoms with Crippen molar-refractivity contribution in [3.63, 3.8) is 0 Å². The average molecular weight is 152 g/mol. The maximum Gasteiger partial charge on any atom is 0.141 e. The number of pyridine rings is 1. The molecule has 0 amide bonds. The van der Waals surface area contributed by atoms with Crippen LogP contribution in [0.1, 0.15) is 23.7 Å². The lowest BCUT2D eigenvalue weighted by Crippen LogP contribution is -2.05. The largest absolute Gasteiger partial charge is 0.324 e. The van der Waals surface area contributed by atoms with E-state index in [4.69, 9.17) is 5.73 Å². The van der Waals surface area contributed by atoms with E-state index in [1.165, 1.54) is 12.3 Å². The standard InChI is InChI=1S/C8H9FN2/c9-5-3-6-7(10)1-2-8(6)11-4-5/h3-4,7H,1-2,10H2/t7-/m1/s1. The molecule has 1 atom stereocenters. The van der Waals surface area contributed by atoms with Crippen LogP contribution in [0.3, 0.4) is 0 Å². The fourth-order valence-electron chi connectivity index (χ4n) is 1.46. The first-order chi connectivity index (χ1) is 5.27. The minimum absolute atomic E-state index is 0.00630. The molecule has 0 unspecified atom stereocenters. The number of nitrogens with two attached hydrogens (primary N) is 1. The Morgan fingerprint density at radius 3 is 3.27 bits per heavy atom. The van der Waals surface area contributed by atoms with Crippen molar-refractivity contribution in [2.24, 2.45) is 5.73 Å². The molecule has 0 saturated carbocycles. The van der Waals surface area contributed by atoms with Crippen LogP contribution < -0.4 is 5.73 Å². The second kappa shape index (κ2) is 2.27. The summed E-state index contributed by atoms with van der Waals surface area (Å²) in [7, 11) is 0. The molecule has 1 aliphatic rings. The van der Waals surface area contributed by atoms with E-state index in [1.807, 2.05) is 0 Å². The van der Waals surface area contributed by atoms with Crippen molar-refractivity contribution in [2.75, 3.05) is 0 Å². The predicted molar refractivity (Wildman–Crippen MR) is 39.4 cm³/mol. The molecule has 0 aromatic carbocycles. The van der Waals surface area contributed by atoms with Crippen LogP contribution in [0.5, 0.6) is 0 Å². The summed E-state index contributed by atoms with van der Waals surface area (Å²) >= 11 is 0. The number of nitrogens with zero attached hydrogens (tertiary/aromatic N) is 1. The molecule has 1 aliphatic carbocycles. The minimum Gasteiger partial charge on any atom is -0.324 e. The Hall–Kier alpha value is -0.960. The fraction of sp³-hybridized carbons (Fsp3) is 0.375. The molecule has 1 aromatic heterocycles. The molecule has 0 fully saturated rings. The number of aryl methyl sites for hydroxylation is 1. The Morgan fingerprint density at radius 1 is 1.64 bits per heavy atom. The number of halogens is 1. The first kappa shape index (κ1) is 6.73. The first-order valence-corrected chi connectivity index (χ1v) is 3.67. The van der Waals surface area contributed by atoms with Crippen LogP contribution in [-0.4, -0.2) is 4.98 Å². The highest BCUT2D eigenvalue weighted by molar-refractivity contribution is 5.28. The van der Waals surface area contributed by atoms with E-state index in [9.17, 15) is 4.39 Å². The van der Waals surface area contributed by atoms with Crippen LogP contribution in [-0.2, 0) is 6.42 Å². The van der Waals surface area contributed by atoms with Crippen molar-refractivity contribution < 1.29 is 4.39 Å². The summed E-state index contributed by atoms with van der Waals surface area (Å²) in [6.07, 6.45) is 3.03. The molecular formula is C8H9FN2. The van der Waals surface area contributed by atoms with E-state index < -0.39 is 0 Å². The third-order valence-electron chi connectivity index (χ3n) is 2.06. The van der Waals surface area contributed by atoms with E-state index in [-0.39, 0.29) is 11.9 Å². The van der Waals surface area contributed by atoms with E-state index in [2.05, 4.69) is 4.98 Å². The topological polar surface area (TPSA) is 38.9 Å². The maximum absolute atomic E-state index is 12.6. The van der Waals surface area contributed by atoms with Crippen LogP contribution in [0.2, 0.25) is 0 Å². The Labute approximate surface area is 64.2 Å². The number of hydrogen-bond donors (Lipinski definition) is 1. The molecule has 2 rings (SSSR count). The molecule has 1 heterocycles. The van der Waals surface area contributed by atoms with Crippen LogP contribution in [0.25, 0.3) is 0 Å². The Kier molecular flexibility index (Phi) is 1.39. The first-order valence-electron chi connectivity index (χ1n) is 3.67. The summed E-state index contributed by atoms with van der Waals surface area (Å²) < 4.78 is 12.6. The second-order valence-electron chi connectivity index (χ2n) is 2.83. The summed E-state index contributed by atoms with van der Waals surface area (Å²) in [5.74, 6) is -0.291. The second-order valence-corrected chi connectivity index (χ2v) is 2.83. The lowest BCUT2D eigenvalue weighted by atomic mass is 10.2. The van der Waals surface area contributed by atoms with Gasteiger partial charge in [-0.25, -0.2) is 4.39 Å². The van der Waals surface area contributed by atoms with Gasteiger partial charge in [0.1, 0.15) is 5.82 Å². The molecule has 0 aliphatic heterocycles. The van der Waals surface area contributed by atoms with E-state index >= 15 is 0 Å². The van der Waals surface area contributed by atoms with Gasteiger partial charge in [-0.05, 0) is 24.5 Å². The normalized spacial score (nSPS) is 21.8. The van der Waals surface area contributed by atoms with Gasteiger partial charge in [0.2, 0.25) is 0 Å². The summed E-state index contributed by atoms with van der Waals surface area (Å²) in [5.41, 5.74) is 7.55. The smallest absolute Gasteiger partial charge is 0.141 e. The minimum atomic E-state index is -0.291. The lowest BCUT2D eigenvalue weighted by Gasteiger charge is -2.02. The molecule has 1 aromatic rings. The monoisotopic (exact) mass is 152 g/mol. The number of fused-ring (bicyclic) bond motifs is 1. The van der Waals surface area contributed by atoms with Gasteiger partial charge >= 0.3 is 0 Å². The van der Waals surface area contributed by atoms with Crippen LogP contribution in [0, 0.1) is 5.82 Å². The van der Waals surface area contributed by atoms with Crippen molar-refractivity contribution in [3.8, 4) is 0 Å². The zero-order chi connectivity index (χ0) is 7.84. The third kappa shape index (κ3) is 1.01. The summed E-state index contributed by atoms with van der Waals surface area (Å²) in [6, 6.07) is 1.48. The number of rotatable bonds is 0. The van der Waals surface area contributed by atoms with Gasteiger partial charge in [0.05, 0.1) is 6.20 Å². The van der Waals surface area contributed by atoms with Gasteiger partial charge in [-0.2, -0.15) is 0 Å². The van der Waals surface area contributed by atoms with E-state index in [1.54, 1.807) is 0 Å². The summed E-state index contributed by atoms with van der Waals surface area (Å²) in [6.45, 7) is 0. The molecular weight excluding hydrogens is 143 g/mol. The molecule has 0 bridgehead atoms. The molecule has 11 heavy (non-hydrogen) atoms. The van der Waals surface area contributed by atoms with Gasteiger partial charge < -0.3 is 5.73 Å². The van der Waals surface area contributed by atoms with Crippen molar-refractivity contribution in [1.82, 2.24) is 4.98 Å². The van der Waals surface area contributed by atoms with Crippen molar-refractivity contribution in [1.29, 1.82) is 0 Å². The highest BCUT2D eigenvalue weighted by Gasteiger charge is 2.20. The zero-order valence-electron chi connectivity index (χ0n) is 6.05. The lowest BCUT2D eigenvalue weighted by molar-refractivity contribution is 0.615. The van der Waals surface area contributed by atoms with E-state index in [0.717, 1.165) is 24.1 Å². The van der Waals surface area contributed by atoms with Crippen molar-refractivity contribution in [2.45, 2.75) is 18.9 Å². The highest BCUT2D eigenvalue weighted by Crippen LogP contribution is 2.27. The number of aromatic nitrogens is 1. The Morgan fingerprint density at radius 2 is 2.45 bits per heavy atom. The van der Waals surface area contributed by atoms with Gasteiger partial charge in [0.25, 0.3) is 0 Å². The molecule has 2 nitrogen and oxygen atoms in total. The van der Waals surface area contributed by atoms with Gasteiger partial charge in [-0.15, -0.1) is 0 Å². The molecule has 2 N–H and O–H groups in total. The predicted octanol–water partition coefficient (Wildman–Crippen LogP) is 1.17. The molecule has 58 valence electrons. The quantitative estimate of drug-likeness (QED) is 0.606. The van der Waals surface area contributed by atoms with E-state index in [0.29, 0.717) is 0 Å². The summed E-state index contributed by atoms with van der Waals surface area (Å²) in [5, 5.41) is 0. The summed E-state index contributed by atoms with van der Waals surface area (Å²) in [4.78, 5) is 3.95. The van der Waals surface area contributed by atoms with Crippen LogP contribution in [0.15, 0.2) is 12.3 Å². The third-order valence-corrected chi connectivity index (χ3v) is 2.06. The Balaban J connectivity index is 2.52. The molecule has 0 radical (unpaired) electrons. The van der Waals surface area contributed by atoms with Gasteiger partial charge in [0.15, 0.2) is 0 Å². The average Bonchev–Trinajstić information content (AvgIpc) is 2.33. The van der Waals surface area contributed by atoms with Crippen LogP contribution in [0.4, 0.5) is 4.39 Å². The van der Waals surface area contributed by atoms with Crippen molar-refractivity contribution in [3.05, 3.63) is 29.3 Å². The van der Waals surface area contributed by atoms with Crippen LogP contribution >= 0.6 is 0 Å². The molecule has 0 spiro atoms. The molecule has 0 saturated heterocycles. The zero-order valence-corrected chi connectivity index (χ0v) is 6.05. The molecule has 3 heteroatoms. The van der Waals surface area contributed by atoms with Gasteiger partial charge in [-0.3, -0.25) is 4.98 Å². The number of hydrogen-bond acceptors (Lipinski definition) is 2. The van der Waals surface area contributed by atoms with Gasteiger partial charge in [-0.1, -0.05) is 0 Å². The fourth-order valence-corrected chi connectivity index (χ4v) is 1.46.